The molecule has 0 unspecified atom stereocenters. The second kappa shape index (κ2) is 9.01. The number of hydrogen-bond acceptors (Lipinski definition) is 6. The Labute approximate surface area is 172 Å². The summed E-state index contributed by atoms with van der Waals surface area (Å²) in [6.45, 7) is 9.27. The minimum absolute atomic E-state index is 0.424. The molecule has 1 saturated heterocycles. The summed E-state index contributed by atoms with van der Waals surface area (Å²) < 4.78 is 0. The minimum Gasteiger partial charge on any atom is -0.353 e. The molecule has 0 radical (unpaired) electrons. The third-order valence-corrected chi connectivity index (χ3v) is 5.32. The van der Waals surface area contributed by atoms with Crippen molar-refractivity contribution in [3.8, 4) is 0 Å². The number of anilines is 3. The average molecular weight is 389 g/mol. The van der Waals surface area contributed by atoms with E-state index in [9.17, 15) is 0 Å². The lowest BCUT2D eigenvalue weighted by molar-refractivity contribution is 0.249. The van der Waals surface area contributed by atoms with Crippen LogP contribution in [0.3, 0.4) is 0 Å². The molecule has 2 aromatic carbocycles. The van der Waals surface area contributed by atoms with Crippen molar-refractivity contribution in [3.63, 3.8) is 0 Å². The van der Waals surface area contributed by atoms with Crippen LogP contribution in [0.1, 0.15) is 30.9 Å². The molecule has 4 rings (SSSR count). The van der Waals surface area contributed by atoms with Crippen molar-refractivity contribution in [2.45, 2.75) is 26.3 Å². The van der Waals surface area contributed by atoms with Crippen LogP contribution in [-0.4, -0.2) is 46.3 Å². The summed E-state index contributed by atoms with van der Waals surface area (Å²) in [7, 11) is 0. The van der Waals surface area contributed by atoms with Gasteiger partial charge < -0.3 is 10.2 Å². The van der Waals surface area contributed by atoms with E-state index in [1.165, 1.54) is 11.1 Å². The van der Waals surface area contributed by atoms with Crippen LogP contribution >= 0.6 is 0 Å². The Morgan fingerprint density at radius 3 is 2.41 bits per heavy atom. The number of nitrogens with one attached hydrogen (secondary N) is 1. The number of rotatable bonds is 6. The standard InChI is InChI=1S/C23H28N6/c1-18(2)20-10-6-7-11-21(20)25-23-26-22(16-24-27-23)29-14-12-28(13-15-29)17-19-8-4-3-5-9-19/h3-11,16,18H,12-15,17H2,1-2H3,(H,25,26,27). The molecule has 0 bridgehead atoms. The molecule has 1 aliphatic heterocycles. The van der Waals surface area contributed by atoms with Crippen molar-refractivity contribution in [3.05, 3.63) is 71.9 Å². The maximum Gasteiger partial charge on any atom is 0.249 e. The highest BCUT2D eigenvalue weighted by Crippen LogP contribution is 2.26. The van der Waals surface area contributed by atoms with Crippen LogP contribution in [0.25, 0.3) is 0 Å². The van der Waals surface area contributed by atoms with E-state index in [0.717, 1.165) is 44.2 Å². The third kappa shape index (κ3) is 4.90. The fourth-order valence-corrected chi connectivity index (χ4v) is 3.71. The Morgan fingerprint density at radius 2 is 1.66 bits per heavy atom. The Hall–Kier alpha value is -2.99. The van der Waals surface area contributed by atoms with Crippen LogP contribution < -0.4 is 10.2 Å². The Kier molecular flexibility index (Phi) is 6.00. The Balaban J connectivity index is 1.40. The van der Waals surface area contributed by atoms with Crippen LogP contribution in [0.2, 0.25) is 0 Å². The topological polar surface area (TPSA) is 57.2 Å². The summed E-state index contributed by atoms with van der Waals surface area (Å²) in [6.07, 6.45) is 1.76. The van der Waals surface area contributed by atoms with Gasteiger partial charge in [0.1, 0.15) is 0 Å². The van der Waals surface area contributed by atoms with Crippen LogP contribution in [0.15, 0.2) is 60.8 Å². The lowest BCUT2D eigenvalue weighted by Crippen LogP contribution is -2.46. The molecule has 150 valence electrons. The predicted octanol–water partition coefficient (Wildman–Crippen LogP) is 4.06. The number of piperazine rings is 1. The summed E-state index contributed by atoms with van der Waals surface area (Å²) in [5.41, 5.74) is 3.64. The van der Waals surface area contributed by atoms with E-state index in [2.05, 4.69) is 87.7 Å². The summed E-state index contributed by atoms with van der Waals surface area (Å²) in [4.78, 5) is 9.50. The van der Waals surface area contributed by atoms with Crippen molar-refractivity contribution < 1.29 is 0 Å². The van der Waals surface area contributed by atoms with Gasteiger partial charge in [-0.1, -0.05) is 62.4 Å². The number of nitrogens with zero attached hydrogens (tertiary/aromatic N) is 5. The van der Waals surface area contributed by atoms with Crippen molar-refractivity contribution in [1.82, 2.24) is 20.1 Å². The molecule has 0 aliphatic carbocycles. The predicted molar refractivity (Wildman–Crippen MR) is 118 cm³/mol. The van der Waals surface area contributed by atoms with E-state index in [4.69, 9.17) is 4.98 Å². The summed E-state index contributed by atoms with van der Waals surface area (Å²) in [5, 5.41) is 11.7. The highest BCUT2D eigenvalue weighted by Gasteiger charge is 2.19. The van der Waals surface area contributed by atoms with Crippen LogP contribution in [0, 0.1) is 0 Å². The van der Waals surface area contributed by atoms with Gasteiger partial charge in [-0.3, -0.25) is 4.90 Å². The normalized spacial score (nSPS) is 14.9. The number of hydrogen-bond donors (Lipinski definition) is 1. The molecule has 3 aromatic rings. The minimum atomic E-state index is 0.424. The molecule has 1 aliphatic rings. The summed E-state index contributed by atoms with van der Waals surface area (Å²) in [6, 6.07) is 18.9. The zero-order valence-corrected chi connectivity index (χ0v) is 17.1. The van der Waals surface area contributed by atoms with E-state index in [1.54, 1.807) is 6.20 Å². The van der Waals surface area contributed by atoms with Gasteiger partial charge >= 0.3 is 0 Å². The molecule has 29 heavy (non-hydrogen) atoms. The quantitative estimate of drug-likeness (QED) is 0.687. The molecule has 1 fully saturated rings. The van der Waals surface area contributed by atoms with Crippen molar-refractivity contribution in [2.24, 2.45) is 0 Å². The van der Waals surface area contributed by atoms with Crippen molar-refractivity contribution in [1.29, 1.82) is 0 Å². The molecule has 1 N–H and O–H groups in total. The lowest BCUT2D eigenvalue weighted by atomic mass is 10.0. The van der Waals surface area contributed by atoms with Gasteiger partial charge in [-0.2, -0.15) is 10.1 Å². The highest BCUT2D eigenvalue weighted by molar-refractivity contribution is 5.60. The van der Waals surface area contributed by atoms with Gasteiger partial charge in [0.2, 0.25) is 5.95 Å². The molecule has 6 nitrogen and oxygen atoms in total. The number of para-hydroxylation sites is 1. The van der Waals surface area contributed by atoms with E-state index in [1.807, 2.05) is 6.07 Å². The first kappa shape index (κ1) is 19.3. The zero-order chi connectivity index (χ0) is 20.1. The first-order chi connectivity index (χ1) is 14.2. The largest absolute Gasteiger partial charge is 0.353 e. The van der Waals surface area contributed by atoms with Crippen molar-refractivity contribution in [2.75, 3.05) is 36.4 Å². The van der Waals surface area contributed by atoms with Crippen LogP contribution in [0.4, 0.5) is 17.5 Å². The van der Waals surface area contributed by atoms with E-state index < -0.39 is 0 Å². The SMILES string of the molecule is CC(C)c1ccccc1Nc1nncc(N2CCN(Cc3ccccc3)CC2)n1. The molecule has 0 saturated carbocycles. The molecule has 2 heterocycles. The Bertz CT molecular complexity index is 919. The second-order valence-electron chi connectivity index (χ2n) is 7.75. The molecule has 6 heteroatoms. The van der Waals surface area contributed by atoms with Gasteiger partial charge in [0, 0.05) is 38.4 Å². The summed E-state index contributed by atoms with van der Waals surface area (Å²) >= 11 is 0. The maximum atomic E-state index is 4.72. The van der Waals surface area contributed by atoms with Gasteiger partial charge in [0.25, 0.3) is 0 Å². The van der Waals surface area contributed by atoms with Crippen LogP contribution in [0.5, 0.6) is 0 Å². The smallest absolute Gasteiger partial charge is 0.249 e. The number of benzene rings is 2. The van der Waals surface area contributed by atoms with E-state index in [0.29, 0.717) is 11.9 Å². The van der Waals surface area contributed by atoms with Gasteiger partial charge in [0.15, 0.2) is 5.82 Å². The molecule has 1 aromatic heterocycles. The van der Waals surface area contributed by atoms with Gasteiger partial charge in [-0.15, -0.1) is 5.10 Å². The fourth-order valence-electron chi connectivity index (χ4n) is 3.71. The average Bonchev–Trinajstić information content (AvgIpc) is 2.75. The molecular formula is C23H28N6. The van der Waals surface area contributed by atoms with Crippen molar-refractivity contribution >= 4 is 17.5 Å². The molecule has 0 amide bonds. The van der Waals surface area contributed by atoms with Gasteiger partial charge in [0.05, 0.1) is 6.20 Å². The zero-order valence-electron chi connectivity index (χ0n) is 17.1. The molecular weight excluding hydrogens is 360 g/mol. The lowest BCUT2D eigenvalue weighted by Gasteiger charge is -2.35. The molecule has 0 spiro atoms. The van der Waals surface area contributed by atoms with Gasteiger partial charge in [-0.25, -0.2) is 0 Å². The molecule has 0 atom stereocenters. The number of aromatic nitrogens is 3. The summed E-state index contributed by atoms with van der Waals surface area (Å²) in [5.74, 6) is 1.85. The first-order valence-corrected chi connectivity index (χ1v) is 10.3. The van der Waals surface area contributed by atoms with Crippen LogP contribution in [-0.2, 0) is 6.54 Å². The fraction of sp³-hybridized carbons (Fsp3) is 0.348. The van der Waals surface area contributed by atoms with E-state index in [-0.39, 0.29) is 0 Å². The first-order valence-electron chi connectivity index (χ1n) is 10.3. The monoisotopic (exact) mass is 388 g/mol. The van der Waals surface area contributed by atoms with Gasteiger partial charge in [-0.05, 0) is 23.1 Å². The van der Waals surface area contributed by atoms with E-state index >= 15 is 0 Å². The maximum absolute atomic E-state index is 4.72. The second-order valence-corrected chi connectivity index (χ2v) is 7.75. The Morgan fingerprint density at radius 1 is 0.931 bits per heavy atom. The third-order valence-electron chi connectivity index (χ3n) is 5.32. The highest BCUT2D eigenvalue weighted by atomic mass is 15.3.